The number of hydrogen-bond acceptors (Lipinski definition) is 2. The Hall–Kier alpha value is -0.860. The van der Waals surface area contributed by atoms with Crippen LogP contribution in [-0.2, 0) is 6.54 Å². The second kappa shape index (κ2) is 14.5. The van der Waals surface area contributed by atoms with Crippen molar-refractivity contribution in [3.63, 3.8) is 0 Å². The molecule has 0 amide bonds. The maximum absolute atomic E-state index is 8.20. The van der Waals surface area contributed by atoms with Crippen LogP contribution in [-0.4, -0.2) is 29.7 Å². The maximum Gasteiger partial charge on any atom is 0.0431 e. The van der Waals surface area contributed by atoms with Crippen molar-refractivity contribution in [3.05, 3.63) is 35.9 Å². The minimum Gasteiger partial charge on any atom is -0.396 e. The van der Waals surface area contributed by atoms with E-state index in [9.17, 15) is 0 Å². The summed E-state index contributed by atoms with van der Waals surface area (Å²) in [5.74, 6) is 0. The van der Waals surface area contributed by atoms with Gasteiger partial charge in [0, 0.05) is 19.2 Å². The van der Waals surface area contributed by atoms with Gasteiger partial charge in [0.05, 0.1) is 0 Å². The molecule has 2 aliphatic rings. The molecule has 0 bridgehead atoms. The lowest BCUT2D eigenvalue weighted by Crippen LogP contribution is -2.32. The number of nitrogens with zero attached hydrogens (tertiary/aromatic N) is 1. The predicted octanol–water partition coefficient (Wildman–Crippen LogP) is 5.79. The summed E-state index contributed by atoms with van der Waals surface area (Å²) in [6, 6.07) is 11.6. The van der Waals surface area contributed by atoms with Crippen LogP contribution in [0.15, 0.2) is 30.3 Å². The smallest absolute Gasteiger partial charge is 0.0431 e. The molecule has 1 aromatic rings. The Kier molecular flexibility index (Phi) is 12.8. The van der Waals surface area contributed by atoms with Crippen molar-refractivity contribution in [2.45, 2.75) is 90.1 Å². The van der Waals surface area contributed by atoms with Crippen LogP contribution in [0.3, 0.4) is 0 Å². The van der Waals surface area contributed by atoms with Crippen LogP contribution in [0.25, 0.3) is 0 Å². The third-order valence-corrected chi connectivity index (χ3v) is 4.59. The summed E-state index contributed by atoms with van der Waals surface area (Å²) in [6.45, 7) is 3.58. The van der Waals surface area contributed by atoms with E-state index in [0.717, 1.165) is 25.4 Å². The Balaban J connectivity index is 0.000000264. The first-order chi connectivity index (χ1) is 11.8. The van der Waals surface area contributed by atoms with E-state index in [1.54, 1.807) is 0 Å². The summed E-state index contributed by atoms with van der Waals surface area (Å²) in [6.07, 6.45) is 14.9. The molecule has 0 unspecified atom stereocenters. The molecule has 0 atom stereocenters. The molecule has 24 heavy (non-hydrogen) atoms. The lowest BCUT2D eigenvalue weighted by Gasteiger charge is -2.31. The lowest BCUT2D eigenvalue weighted by molar-refractivity contribution is 0.184. The quantitative estimate of drug-likeness (QED) is 0.666. The first-order valence-electron chi connectivity index (χ1n) is 10.1. The molecule has 0 aromatic heterocycles. The van der Waals surface area contributed by atoms with Crippen LogP contribution in [0, 0.1) is 0 Å². The van der Waals surface area contributed by atoms with Gasteiger partial charge in [0.25, 0.3) is 0 Å². The fraction of sp³-hybridized carbons (Fsp3) is 0.727. The molecule has 3 rings (SSSR count). The largest absolute Gasteiger partial charge is 0.396 e. The molecule has 2 aliphatic carbocycles. The van der Waals surface area contributed by atoms with Gasteiger partial charge in [0.15, 0.2) is 0 Å². The van der Waals surface area contributed by atoms with E-state index in [1.165, 1.54) is 63.4 Å². The monoisotopic (exact) mass is 333 g/mol. The first-order valence-corrected chi connectivity index (χ1v) is 10.1. The molecular weight excluding hydrogens is 294 g/mol. The highest BCUT2D eigenvalue weighted by molar-refractivity contribution is 5.14. The van der Waals surface area contributed by atoms with Gasteiger partial charge in [-0.2, -0.15) is 0 Å². The van der Waals surface area contributed by atoms with Gasteiger partial charge >= 0.3 is 0 Å². The van der Waals surface area contributed by atoms with E-state index in [-0.39, 0.29) is 0 Å². The molecule has 138 valence electrons. The van der Waals surface area contributed by atoms with E-state index in [2.05, 4.69) is 49.2 Å². The molecule has 2 fully saturated rings. The lowest BCUT2D eigenvalue weighted by atomic mass is 9.94. The Bertz CT molecular complexity index is 364. The van der Waals surface area contributed by atoms with Crippen LogP contribution in [0.5, 0.6) is 0 Å². The molecule has 0 saturated heterocycles. The van der Waals surface area contributed by atoms with Crippen LogP contribution < -0.4 is 0 Å². The van der Waals surface area contributed by atoms with Crippen molar-refractivity contribution in [2.75, 3.05) is 13.7 Å². The minimum absolute atomic E-state index is 0.355. The zero-order valence-corrected chi connectivity index (χ0v) is 16.1. The summed E-state index contributed by atoms with van der Waals surface area (Å²) in [4.78, 5) is 2.52. The van der Waals surface area contributed by atoms with Gasteiger partial charge in [-0.25, -0.2) is 0 Å². The molecule has 1 aromatic carbocycles. The highest BCUT2D eigenvalue weighted by atomic mass is 16.2. The zero-order chi connectivity index (χ0) is 17.5. The van der Waals surface area contributed by atoms with Crippen LogP contribution >= 0.6 is 0 Å². The summed E-state index contributed by atoms with van der Waals surface area (Å²) in [5, 5.41) is 8.20. The molecule has 2 nitrogen and oxygen atoms in total. The van der Waals surface area contributed by atoms with Gasteiger partial charge in [-0.05, 0) is 31.9 Å². The zero-order valence-electron chi connectivity index (χ0n) is 16.1. The van der Waals surface area contributed by atoms with Gasteiger partial charge in [-0.3, -0.25) is 4.90 Å². The van der Waals surface area contributed by atoms with Crippen molar-refractivity contribution in [3.8, 4) is 0 Å². The second-order valence-electron chi connectivity index (χ2n) is 7.18. The fourth-order valence-corrected chi connectivity index (χ4v) is 2.88. The van der Waals surface area contributed by atoms with Gasteiger partial charge in [-0.15, -0.1) is 0 Å². The van der Waals surface area contributed by atoms with Crippen LogP contribution in [0.4, 0.5) is 0 Å². The average molecular weight is 334 g/mol. The fourth-order valence-electron chi connectivity index (χ4n) is 2.88. The number of aliphatic hydroxyl groups is 1. The highest BCUT2D eigenvalue weighted by Gasteiger charge is 2.17. The molecule has 1 N–H and O–H groups in total. The van der Waals surface area contributed by atoms with Gasteiger partial charge < -0.3 is 5.11 Å². The third kappa shape index (κ3) is 11.6. The van der Waals surface area contributed by atoms with E-state index in [0.29, 0.717) is 6.61 Å². The van der Waals surface area contributed by atoms with Crippen LogP contribution in [0.2, 0.25) is 0 Å². The summed E-state index contributed by atoms with van der Waals surface area (Å²) in [5.41, 5.74) is 1.44. The highest BCUT2D eigenvalue weighted by Crippen LogP contribution is 2.22. The Morgan fingerprint density at radius 1 is 0.917 bits per heavy atom. The van der Waals surface area contributed by atoms with Gasteiger partial charge in [-0.1, -0.05) is 88.6 Å². The first kappa shape index (κ1) is 21.2. The molecule has 0 radical (unpaired) electrons. The summed E-state index contributed by atoms with van der Waals surface area (Å²) < 4.78 is 0. The van der Waals surface area contributed by atoms with E-state index < -0.39 is 0 Å². The predicted molar refractivity (Wildman–Crippen MR) is 105 cm³/mol. The topological polar surface area (TPSA) is 23.5 Å². The molecule has 0 heterocycles. The Morgan fingerprint density at radius 2 is 1.50 bits per heavy atom. The normalized spacial score (nSPS) is 16.7. The number of unbranched alkanes of at least 4 members (excludes halogenated alkanes) is 2. The molecule has 0 aliphatic heterocycles. The Labute approximate surface area is 150 Å². The SMILES string of the molecule is C1CC1.CCCCCO.CN(Cc1ccccc1)C1CCCCC1. The maximum atomic E-state index is 8.20. The molecule has 0 spiro atoms. The third-order valence-electron chi connectivity index (χ3n) is 4.59. The van der Waals surface area contributed by atoms with E-state index in [1.807, 2.05) is 0 Å². The van der Waals surface area contributed by atoms with Crippen molar-refractivity contribution >= 4 is 0 Å². The number of aliphatic hydroxyl groups excluding tert-OH is 1. The van der Waals surface area contributed by atoms with Crippen molar-refractivity contribution in [1.82, 2.24) is 4.90 Å². The second-order valence-corrected chi connectivity index (χ2v) is 7.18. The average Bonchev–Trinajstić information content (AvgIpc) is 3.51. The van der Waals surface area contributed by atoms with Gasteiger partial charge in [0.2, 0.25) is 0 Å². The van der Waals surface area contributed by atoms with Crippen LogP contribution in [0.1, 0.15) is 83.1 Å². The molecule has 2 heteroatoms. The number of rotatable bonds is 6. The van der Waals surface area contributed by atoms with Gasteiger partial charge in [0.1, 0.15) is 0 Å². The van der Waals surface area contributed by atoms with Crippen molar-refractivity contribution < 1.29 is 5.11 Å². The van der Waals surface area contributed by atoms with E-state index >= 15 is 0 Å². The Morgan fingerprint density at radius 3 is 1.96 bits per heavy atom. The van der Waals surface area contributed by atoms with Crippen molar-refractivity contribution in [1.29, 1.82) is 0 Å². The summed E-state index contributed by atoms with van der Waals surface area (Å²) >= 11 is 0. The molecular formula is C22H39NO. The minimum atomic E-state index is 0.355. The standard InChI is InChI=1S/C14H21N.C5H12O.C3H6/c1-15(14-10-6-3-7-11-14)12-13-8-4-2-5-9-13;1-2-3-4-5-6;1-2-3-1/h2,4-5,8-9,14H,3,6-7,10-12H2,1H3;6H,2-5H2,1H3;1-3H2. The summed E-state index contributed by atoms with van der Waals surface area (Å²) in [7, 11) is 2.27. The van der Waals surface area contributed by atoms with E-state index in [4.69, 9.17) is 5.11 Å². The number of hydrogen-bond donors (Lipinski definition) is 1. The molecule has 2 saturated carbocycles. The number of benzene rings is 1. The van der Waals surface area contributed by atoms with Crippen molar-refractivity contribution in [2.24, 2.45) is 0 Å².